The lowest BCUT2D eigenvalue weighted by atomic mass is 10.0. The van der Waals surface area contributed by atoms with Gasteiger partial charge in [-0.3, -0.25) is 19.2 Å². The molecule has 0 aliphatic carbocycles. The smallest absolute Gasteiger partial charge is 0.325 e. The molecule has 2 amide bonds. The van der Waals surface area contributed by atoms with Gasteiger partial charge in [0.2, 0.25) is 0 Å². The second kappa shape index (κ2) is 10.4. The Labute approximate surface area is 190 Å². The molecule has 0 saturated carbocycles. The van der Waals surface area contributed by atoms with Gasteiger partial charge in [0.1, 0.15) is 12.3 Å². The molecule has 0 atom stereocenters. The van der Waals surface area contributed by atoms with Gasteiger partial charge in [-0.2, -0.15) is 0 Å². The second-order valence-electron chi connectivity index (χ2n) is 7.23. The Morgan fingerprint density at radius 1 is 1.03 bits per heavy atom. The number of hydrogen-bond donors (Lipinski definition) is 2. The van der Waals surface area contributed by atoms with Crippen LogP contribution in [0.4, 0.5) is 0 Å². The first-order chi connectivity index (χ1) is 15.9. The first-order valence-electron chi connectivity index (χ1n) is 10.4. The van der Waals surface area contributed by atoms with Crippen molar-refractivity contribution in [3.05, 3.63) is 65.4 Å². The number of methoxy groups -OCH3 is 1. The zero-order valence-electron chi connectivity index (χ0n) is 18.4. The topological polar surface area (TPSA) is 130 Å². The Kier molecular flexibility index (Phi) is 7.45. The summed E-state index contributed by atoms with van der Waals surface area (Å²) in [6.07, 6.45) is 0.467. The first kappa shape index (κ1) is 23.5. The van der Waals surface area contributed by atoms with E-state index >= 15 is 0 Å². The molecule has 3 rings (SSSR count). The quantitative estimate of drug-likeness (QED) is 0.274. The van der Waals surface area contributed by atoms with Crippen molar-refractivity contribution in [2.75, 3.05) is 20.3 Å². The number of fused-ring (bicyclic) bond motifs is 1. The Morgan fingerprint density at radius 2 is 1.76 bits per heavy atom. The van der Waals surface area contributed by atoms with Gasteiger partial charge in [-0.1, -0.05) is 43.3 Å². The summed E-state index contributed by atoms with van der Waals surface area (Å²) in [5.74, 6) is -2.78. The van der Waals surface area contributed by atoms with Crippen molar-refractivity contribution >= 4 is 34.5 Å². The number of benzene rings is 2. The number of ketones is 1. The summed E-state index contributed by atoms with van der Waals surface area (Å²) in [6, 6.07) is 14.9. The number of carbonyl (C=O) groups is 4. The van der Waals surface area contributed by atoms with Gasteiger partial charge in [-0.05, 0) is 24.1 Å². The summed E-state index contributed by atoms with van der Waals surface area (Å²) in [7, 11) is 1.22. The summed E-state index contributed by atoms with van der Waals surface area (Å²) in [6.45, 7) is 1.66. The van der Waals surface area contributed by atoms with Crippen LogP contribution in [0.5, 0.6) is 5.75 Å². The van der Waals surface area contributed by atoms with E-state index in [-0.39, 0.29) is 17.9 Å². The molecule has 0 aliphatic rings. The number of esters is 1. The van der Waals surface area contributed by atoms with Crippen molar-refractivity contribution in [2.24, 2.45) is 5.73 Å². The number of nitrogens with zero attached hydrogens (tertiary/aromatic N) is 1. The zero-order chi connectivity index (χ0) is 24.0. The van der Waals surface area contributed by atoms with Crippen LogP contribution in [0.25, 0.3) is 10.9 Å². The van der Waals surface area contributed by atoms with Gasteiger partial charge >= 0.3 is 5.97 Å². The summed E-state index contributed by atoms with van der Waals surface area (Å²) in [5, 5.41) is 2.79. The van der Waals surface area contributed by atoms with Gasteiger partial charge in [0, 0.05) is 12.2 Å². The molecule has 0 unspecified atom stereocenters. The molecule has 172 valence electrons. The second-order valence-corrected chi connectivity index (χ2v) is 7.23. The van der Waals surface area contributed by atoms with Crippen LogP contribution in [0.15, 0.2) is 48.5 Å². The summed E-state index contributed by atoms with van der Waals surface area (Å²) >= 11 is 0. The molecule has 1 heterocycles. The van der Waals surface area contributed by atoms with Crippen LogP contribution in [0, 0.1) is 0 Å². The highest BCUT2D eigenvalue weighted by atomic mass is 16.5. The van der Waals surface area contributed by atoms with E-state index in [1.54, 1.807) is 12.1 Å². The highest BCUT2D eigenvalue weighted by Gasteiger charge is 2.27. The maximum Gasteiger partial charge on any atom is 0.325 e. The predicted octanol–water partition coefficient (Wildman–Crippen LogP) is 1.59. The molecule has 2 aromatic carbocycles. The van der Waals surface area contributed by atoms with Crippen molar-refractivity contribution in [1.29, 1.82) is 0 Å². The third kappa shape index (κ3) is 5.20. The molecule has 33 heavy (non-hydrogen) atoms. The maximum absolute atomic E-state index is 12.8. The van der Waals surface area contributed by atoms with E-state index in [9.17, 15) is 19.2 Å². The van der Waals surface area contributed by atoms with Crippen molar-refractivity contribution < 1.29 is 28.7 Å². The number of Topliss-reactive ketones (excluding diaryl/α,β-unsaturated/α-hetero) is 1. The molecular weight excluding hydrogens is 426 g/mol. The van der Waals surface area contributed by atoms with Crippen LogP contribution in [-0.2, 0) is 32.1 Å². The van der Waals surface area contributed by atoms with Gasteiger partial charge in [0.15, 0.2) is 6.61 Å². The number of rotatable bonds is 10. The van der Waals surface area contributed by atoms with E-state index in [0.717, 1.165) is 5.56 Å². The number of nitrogens with two attached hydrogens (primary N) is 1. The third-order valence-corrected chi connectivity index (χ3v) is 5.15. The van der Waals surface area contributed by atoms with Crippen LogP contribution in [0.2, 0.25) is 0 Å². The highest BCUT2D eigenvalue weighted by Crippen LogP contribution is 2.35. The molecule has 0 aliphatic heterocycles. The first-order valence-corrected chi connectivity index (χ1v) is 10.4. The van der Waals surface area contributed by atoms with Gasteiger partial charge < -0.3 is 25.1 Å². The zero-order valence-corrected chi connectivity index (χ0v) is 18.4. The molecule has 9 heteroatoms. The van der Waals surface area contributed by atoms with Crippen molar-refractivity contribution in [1.82, 2.24) is 9.88 Å². The number of primary amides is 1. The highest BCUT2D eigenvalue weighted by molar-refractivity contribution is 6.45. The number of carbonyl (C=O) groups excluding carboxylic acids is 4. The Balaban J connectivity index is 2.05. The minimum atomic E-state index is -1.07. The monoisotopic (exact) mass is 451 g/mol. The van der Waals surface area contributed by atoms with Crippen LogP contribution >= 0.6 is 0 Å². The molecule has 0 bridgehead atoms. The van der Waals surface area contributed by atoms with E-state index < -0.39 is 30.2 Å². The fraction of sp³-hybridized carbons (Fsp3) is 0.250. The average molecular weight is 451 g/mol. The summed E-state index contributed by atoms with van der Waals surface area (Å²) in [4.78, 5) is 48.0. The van der Waals surface area contributed by atoms with Gasteiger partial charge in [-0.25, -0.2) is 0 Å². The Bertz CT molecular complexity index is 1200. The van der Waals surface area contributed by atoms with Crippen molar-refractivity contribution in [3.63, 3.8) is 0 Å². The molecule has 0 radical (unpaired) electrons. The van der Waals surface area contributed by atoms with E-state index in [1.807, 2.05) is 47.9 Å². The maximum atomic E-state index is 12.8. The summed E-state index contributed by atoms with van der Waals surface area (Å²) < 4.78 is 12.1. The van der Waals surface area contributed by atoms with Crippen molar-refractivity contribution in [3.8, 4) is 5.75 Å². The Morgan fingerprint density at radius 3 is 2.39 bits per heavy atom. The van der Waals surface area contributed by atoms with E-state index in [1.165, 1.54) is 7.11 Å². The molecule has 1 aromatic heterocycles. The largest absolute Gasteiger partial charge is 0.483 e. The van der Waals surface area contributed by atoms with E-state index in [0.29, 0.717) is 29.6 Å². The molecule has 0 fully saturated rings. The minimum absolute atomic E-state index is 0.168. The standard InChI is InChI=1S/C24H25N3O6/c1-3-16-22(23(30)24(25)31)21-17(27(16)13-15-8-5-4-6-9-15)10-7-11-18(21)33-14-19(28)26-12-20(29)32-2/h4-11H,3,12-14H2,1-2H3,(H2,25,31)(H,26,28). The van der Waals surface area contributed by atoms with E-state index in [4.69, 9.17) is 10.5 Å². The Hall–Kier alpha value is -4.14. The number of nitrogens with one attached hydrogen (secondary N) is 1. The average Bonchev–Trinajstić information content (AvgIpc) is 3.14. The lowest BCUT2D eigenvalue weighted by molar-refractivity contribution is -0.141. The number of amides is 2. The molecular formula is C24H25N3O6. The van der Waals surface area contributed by atoms with Gasteiger partial charge in [-0.15, -0.1) is 0 Å². The van der Waals surface area contributed by atoms with E-state index in [2.05, 4.69) is 10.1 Å². The molecule has 3 N–H and O–H groups in total. The van der Waals surface area contributed by atoms with Gasteiger partial charge in [0.25, 0.3) is 17.6 Å². The van der Waals surface area contributed by atoms with Gasteiger partial charge in [0.05, 0.1) is 23.6 Å². The van der Waals surface area contributed by atoms with Crippen LogP contribution < -0.4 is 15.8 Å². The lowest BCUT2D eigenvalue weighted by Gasteiger charge is -2.11. The predicted molar refractivity (Wildman–Crippen MR) is 121 cm³/mol. The fourth-order valence-corrected chi connectivity index (χ4v) is 3.66. The van der Waals surface area contributed by atoms with Crippen LogP contribution in [-0.4, -0.2) is 48.4 Å². The SMILES string of the molecule is CCc1c(C(=O)C(N)=O)c2c(OCC(=O)NCC(=O)OC)cccc2n1Cc1ccccc1. The minimum Gasteiger partial charge on any atom is -0.483 e. The van der Waals surface area contributed by atoms with Crippen LogP contribution in [0.3, 0.4) is 0 Å². The van der Waals surface area contributed by atoms with Crippen LogP contribution in [0.1, 0.15) is 28.5 Å². The number of ether oxygens (including phenoxy) is 2. The summed E-state index contributed by atoms with van der Waals surface area (Å²) in [5.41, 5.74) is 7.85. The number of hydrogen-bond acceptors (Lipinski definition) is 6. The van der Waals surface area contributed by atoms with Crippen molar-refractivity contribution in [2.45, 2.75) is 19.9 Å². The molecule has 9 nitrogen and oxygen atoms in total. The molecule has 0 saturated heterocycles. The number of aromatic nitrogens is 1. The molecule has 0 spiro atoms. The third-order valence-electron chi connectivity index (χ3n) is 5.15. The lowest BCUT2D eigenvalue weighted by Crippen LogP contribution is -2.33. The normalized spacial score (nSPS) is 10.6. The molecule has 3 aromatic rings. The fourth-order valence-electron chi connectivity index (χ4n) is 3.66.